The standard InChI is InChI=1S/C22H20N4O4S/c1-29-19-7-3-2-6-18(19)23-20(28)14-31-22-25-24-21(15-8-10-16(27)11-9-15)26(22)13-17-5-4-12-30-17/h2-12,27H,13-14H2,1H3,(H,23,28). The molecule has 0 aliphatic carbocycles. The zero-order valence-corrected chi connectivity index (χ0v) is 17.5. The van der Waals surface area contributed by atoms with Crippen molar-refractivity contribution in [1.29, 1.82) is 0 Å². The Hall–Kier alpha value is -3.72. The second-order valence-corrected chi connectivity index (χ2v) is 7.50. The minimum Gasteiger partial charge on any atom is -0.508 e. The van der Waals surface area contributed by atoms with Crippen LogP contribution in [-0.2, 0) is 11.3 Å². The van der Waals surface area contributed by atoms with E-state index in [1.54, 1.807) is 49.8 Å². The molecule has 2 N–H and O–H groups in total. The Labute approximate surface area is 182 Å². The fraction of sp³-hybridized carbons (Fsp3) is 0.136. The summed E-state index contributed by atoms with van der Waals surface area (Å²) < 4.78 is 12.6. The van der Waals surface area contributed by atoms with Crippen LogP contribution in [0.1, 0.15) is 5.76 Å². The van der Waals surface area contributed by atoms with E-state index in [1.807, 2.05) is 28.8 Å². The molecule has 2 aromatic heterocycles. The van der Waals surface area contributed by atoms with Crippen LogP contribution in [0.15, 0.2) is 76.5 Å². The summed E-state index contributed by atoms with van der Waals surface area (Å²) in [6.45, 7) is 0.409. The summed E-state index contributed by atoms with van der Waals surface area (Å²) in [5, 5.41) is 21.6. The zero-order valence-electron chi connectivity index (χ0n) is 16.7. The fourth-order valence-corrected chi connectivity index (χ4v) is 3.72. The molecule has 0 bridgehead atoms. The van der Waals surface area contributed by atoms with Crippen LogP contribution in [0.5, 0.6) is 11.5 Å². The number of thioether (sulfide) groups is 1. The second-order valence-electron chi connectivity index (χ2n) is 6.56. The van der Waals surface area contributed by atoms with E-state index in [0.29, 0.717) is 29.0 Å². The highest BCUT2D eigenvalue weighted by Gasteiger charge is 2.17. The van der Waals surface area contributed by atoms with E-state index in [2.05, 4.69) is 15.5 Å². The van der Waals surface area contributed by atoms with Crippen LogP contribution in [-0.4, -0.2) is 38.6 Å². The van der Waals surface area contributed by atoms with E-state index in [1.165, 1.54) is 11.8 Å². The maximum atomic E-state index is 12.5. The van der Waals surface area contributed by atoms with Gasteiger partial charge in [0.2, 0.25) is 5.91 Å². The Morgan fingerprint density at radius 2 is 1.94 bits per heavy atom. The molecule has 31 heavy (non-hydrogen) atoms. The van der Waals surface area contributed by atoms with Crippen molar-refractivity contribution in [2.24, 2.45) is 0 Å². The zero-order chi connectivity index (χ0) is 21.6. The highest BCUT2D eigenvalue weighted by Crippen LogP contribution is 2.27. The number of phenolic OH excluding ortho intramolecular Hbond substituents is 1. The number of carbonyl (C=O) groups is 1. The number of hydrogen-bond donors (Lipinski definition) is 2. The molecule has 0 radical (unpaired) electrons. The van der Waals surface area contributed by atoms with Gasteiger partial charge in [-0.2, -0.15) is 0 Å². The van der Waals surface area contributed by atoms with Crippen LogP contribution < -0.4 is 10.1 Å². The smallest absolute Gasteiger partial charge is 0.234 e. The molecule has 4 aromatic rings. The number of rotatable bonds is 8. The van der Waals surface area contributed by atoms with Crippen molar-refractivity contribution in [2.75, 3.05) is 18.2 Å². The Morgan fingerprint density at radius 3 is 2.68 bits per heavy atom. The van der Waals surface area contributed by atoms with E-state index in [4.69, 9.17) is 9.15 Å². The molecule has 2 heterocycles. The van der Waals surface area contributed by atoms with E-state index < -0.39 is 0 Å². The molecule has 2 aromatic carbocycles. The van der Waals surface area contributed by atoms with Crippen molar-refractivity contribution < 1.29 is 19.1 Å². The number of hydrogen-bond acceptors (Lipinski definition) is 7. The van der Waals surface area contributed by atoms with Gasteiger partial charge in [-0.25, -0.2) is 0 Å². The van der Waals surface area contributed by atoms with Crippen LogP contribution in [0.4, 0.5) is 5.69 Å². The average Bonchev–Trinajstić information content (AvgIpc) is 3.44. The summed E-state index contributed by atoms with van der Waals surface area (Å²) in [4.78, 5) is 12.5. The lowest BCUT2D eigenvalue weighted by atomic mass is 10.2. The van der Waals surface area contributed by atoms with Crippen LogP contribution in [0.25, 0.3) is 11.4 Å². The summed E-state index contributed by atoms with van der Waals surface area (Å²) >= 11 is 1.27. The average molecular weight is 436 g/mol. The second kappa shape index (κ2) is 9.40. The first-order valence-corrected chi connectivity index (χ1v) is 10.4. The third-order valence-corrected chi connectivity index (χ3v) is 5.42. The molecule has 0 aliphatic rings. The normalized spacial score (nSPS) is 10.7. The van der Waals surface area contributed by atoms with Crippen molar-refractivity contribution >= 4 is 23.4 Å². The van der Waals surface area contributed by atoms with E-state index in [-0.39, 0.29) is 17.4 Å². The first-order chi connectivity index (χ1) is 15.1. The third kappa shape index (κ3) is 4.89. The molecule has 0 saturated carbocycles. The lowest BCUT2D eigenvalue weighted by molar-refractivity contribution is -0.113. The number of nitrogens with one attached hydrogen (secondary N) is 1. The molecule has 9 heteroatoms. The molecule has 4 rings (SSSR count). The minimum absolute atomic E-state index is 0.143. The van der Waals surface area contributed by atoms with Gasteiger partial charge in [0.05, 0.1) is 31.4 Å². The van der Waals surface area contributed by atoms with Crippen LogP contribution in [0, 0.1) is 0 Å². The van der Waals surface area contributed by atoms with Crippen molar-refractivity contribution in [3.05, 3.63) is 72.7 Å². The monoisotopic (exact) mass is 436 g/mol. The molecule has 8 nitrogen and oxygen atoms in total. The van der Waals surface area contributed by atoms with Gasteiger partial charge in [0.25, 0.3) is 0 Å². The van der Waals surface area contributed by atoms with Gasteiger partial charge in [0.1, 0.15) is 17.3 Å². The minimum atomic E-state index is -0.187. The summed E-state index contributed by atoms with van der Waals surface area (Å²) in [6.07, 6.45) is 1.60. The number of aromatic hydroxyl groups is 1. The Balaban J connectivity index is 1.53. The van der Waals surface area contributed by atoms with Gasteiger partial charge in [-0.15, -0.1) is 10.2 Å². The highest BCUT2D eigenvalue weighted by molar-refractivity contribution is 7.99. The number of ether oxygens (including phenoxy) is 1. The topological polar surface area (TPSA) is 102 Å². The molecule has 0 aliphatic heterocycles. The Kier molecular flexibility index (Phi) is 6.23. The number of anilines is 1. The van der Waals surface area contributed by atoms with Crippen LogP contribution >= 0.6 is 11.8 Å². The first kappa shape index (κ1) is 20.5. The molecule has 0 spiro atoms. The Morgan fingerprint density at radius 1 is 1.13 bits per heavy atom. The summed E-state index contributed by atoms with van der Waals surface area (Å²) in [7, 11) is 1.56. The SMILES string of the molecule is COc1ccccc1NC(=O)CSc1nnc(-c2ccc(O)cc2)n1Cc1ccco1. The van der Waals surface area contributed by atoms with Gasteiger partial charge in [-0.3, -0.25) is 9.36 Å². The number of carbonyl (C=O) groups excluding carboxylic acids is 1. The maximum Gasteiger partial charge on any atom is 0.234 e. The van der Waals surface area contributed by atoms with E-state index >= 15 is 0 Å². The van der Waals surface area contributed by atoms with E-state index in [9.17, 15) is 9.90 Å². The van der Waals surface area contributed by atoms with Crippen molar-refractivity contribution in [3.8, 4) is 22.9 Å². The molecule has 0 fully saturated rings. The number of amides is 1. The number of methoxy groups -OCH3 is 1. The molecule has 0 atom stereocenters. The fourth-order valence-electron chi connectivity index (χ4n) is 2.98. The van der Waals surface area contributed by atoms with Crippen molar-refractivity contribution in [3.63, 3.8) is 0 Å². The largest absolute Gasteiger partial charge is 0.508 e. The number of nitrogens with zero attached hydrogens (tertiary/aromatic N) is 3. The van der Waals surface area contributed by atoms with E-state index in [0.717, 1.165) is 11.3 Å². The molecule has 158 valence electrons. The highest BCUT2D eigenvalue weighted by atomic mass is 32.2. The summed E-state index contributed by atoms with van der Waals surface area (Å²) in [5.41, 5.74) is 1.40. The predicted molar refractivity (Wildman–Crippen MR) is 117 cm³/mol. The predicted octanol–water partition coefficient (Wildman–Crippen LogP) is 4.03. The lowest BCUT2D eigenvalue weighted by Crippen LogP contribution is -2.15. The molecular formula is C22H20N4O4S. The third-order valence-electron chi connectivity index (χ3n) is 4.45. The molecular weight excluding hydrogens is 416 g/mol. The number of benzene rings is 2. The number of para-hydroxylation sites is 2. The number of aromatic nitrogens is 3. The van der Waals surface area contributed by atoms with Gasteiger partial charge in [0.15, 0.2) is 11.0 Å². The summed E-state index contributed by atoms with van der Waals surface area (Å²) in [6, 6.07) is 17.6. The van der Waals surface area contributed by atoms with Gasteiger partial charge >= 0.3 is 0 Å². The van der Waals surface area contributed by atoms with Gasteiger partial charge in [-0.05, 0) is 48.5 Å². The maximum absolute atomic E-state index is 12.5. The van der Waals surface area contributed by atoms with Gasteiger partial charge < -0.3 is 19.6 Å². The molecule has 0 unspecified atom stereocenters. The van der Waals surface area contributed by atoms with Gasteiger partial charge in [-0.1, -0.05) is 23.9 Å². The lowest BCUT2D eigenvalue weighted by Gasteiger charge is -2.11. The van der Waals surface area contributed by atoms with Crippen LogP contribution in [0.3, 0.4) is 0 Å². The molecule has 1 amide bonds. The number of phenols is 1. The van der Waals surface area contributed by atoms with Crippen molar-refractivity contribution in [2.45, 2.75) is 11.7 Å². The first-order valence-electron chi connectivity index (χ1n) is 9.44. The van der Waals surface area contributed by atoms with Crippen molar-refractivity contribution in [1.82, 2.24) is 14.8 Å². The summed E-state index contributed by atoms with van der Waals surface area (Å²) in [5.74, 6) is 2.07. The van der Waals surface area contributed by atoms with Gasteiger partial charge in [0, 0.05) is 5.56 Å². The number of furan rings is 1. The Bertz CT molecular complexity index is 1160. The molecule has 0 saturated heterocycles. The van der Waals surface area contributed by atoms with Crippen LogP contribution in [0.2, 0.25) is 0 Å². The quantitative estimate of drug-likeness (QED) is 0.402.